The average molecular weight is 307 g/mol. The van der Waals surface area contributed by atoms with Gasteiger partial charge in [-0.25, -0.2) is 9.37 Å². The van der Waals surface area contributed by atoms with Gasteiger partial charge in [0, 0.05) is 12.2 Å². The number of nitrogen functional groups attached to an aromatic ring is 1. The van der Waals surface area contributed by atoms with Gasteiger partial charge in [-0.05, 0) is 54.0 Å². The Balaban J connectivity index is 1.89. The summed E-state index contributed by atoms with van der Waals surface area (Å²) >= 11 is 0. The molecule has 23 heavy (non-hydrogen) atoms. The summed E-state index contributed by atoms with van der Waals surface area (Å²) in [6.45, 7) is 0.606. The Hall–Kier alpha value is -2.95. The van der Waals surface area contributed by atoms with E-state index in [-0.39, 0.29) is 11.4 Å². The molecule has 5 heteroatoms. The number of aromatic nitrogens is 2. The third-order valence-corrected chi connectivity index (χ3v) is 4.08. The van der Waals surface area contributed by atoms with Crippen LogP contribution in [0.1, 0.15) is 17.8 Å². The Morgan fingerprint density at radius 1 is 1.17 bits per heavy atom. The van der Waals surface area contributed by atoms with Crippen molar-refractivity contribution in [3.63, 3.8) is 0 Å². The molecule has 0 bridgehead atoms. The fourth-order valence-electron chi connectivity index (χ4n) is 2.93. The summed E-state index contributed by atoms with van der Waals surface area (Å²) in [5, 5.41) is 0.575. The minimum Gasteiger partial charge on any atom is -0.399 e. The summed E-state index contributed by atoms with van der Waals surface area (Å²) in [6, 6.07) is 11.4. The summed E-state index contributed by atoms with van der Waals surface area (Å²) in [5.41, 5.74) is 8.79. The second-order valence-electron chi connectivity index (χ2n) is 5.64. The second kappa shape index (κ2) is 5.05. The zero-order chi connectivity index (χ0) is 16.0. The number of hydrogen-bond donors (Lipinski definition) is 1. The van der Waals surface area contributed by atoms with Crippen molar-refractivity contribution in [2.75, 3.05) is 5.73 Å². The van der Waals surface area contributed by atoms with Gasteiger partial charge in [-0.15, -0.1) is 0 Å². The number of hydrogen-bond acceptors (Lipinski definition) is 3. The van der Waals surface area contributed by atoms with Crippen LogP contribution in [0.4, 0.5) is 10.1 Å². The number of anilines is 1. The highest BCUT2D eigenvalue weighted by atomic mass is 19.1. The molecule has 0 fully saturated rings. The predicted molar refractivity (Wildman–Crippen MR) is 89.3 cm³/mol. The molecule has 1 aromatic heterocycles. The van der Waals surface area contributed by atoms with Crippen LogP contribution in [0, 0.1) is 5.82 Å². The SMILES string of the molecule is Nc1ccc2c(=O)n3c(nc2c1)C(=Cc1ccc(F)cc1)CC3. The molecule has 0 radical (unpaired) electrons. The quantitative estimate of drug-likeness (QED) is 0.703. The van der Waals surface area contributed by atoms with Gasteiger partial charge in [-0.3, -0.25) is 9.36 Å². The van der Waals surface area contributed by atoms with Crippen LogP contribution < -0.4 is 11.3 Å². The van der Waals surface area contributed by atoms with Crippen LogP contribution >= 0.6 is 0 Å². The molecule has 2 N–H and O–H groups in total. The summed E-state index contributed by atoms with van der Waals surface area (Å²) in [6.07, 6.45) is 2.67. The Morgan fingerprint density at radius 2 is 1.96 bits per heavy atom. The molecule has 0 aliphatic carbocycles. The molecule has 0 unspecified atom stereocenters. The highest BCUT2D eigenvalue weighted by molar-refractivity contribution is 5.86. The maximum Gasteiger partial charge on any atom is 0.261 e. The Bertz CT molecular complexity index is 1000. The number of benzene rings is 2. The fraction of sp³-hybridized carbons (Fsp3) is 0.111. The van der Waals surface area contributed by atoms with Crippen LogP contribution in [-0.4, -0.2) is 9.55 Å². The topological polar surface area (TPSA) is 60.9 Å². The van der Waals surface area contributed by atoms with Gasteiger partial charge in [0.05, 0.1) is 10.9 Å². The summed E-state index contributed by atoms with van der Waals surface area (Å²) in [4.78, 5) is 17.2. The van der Waals surface area contributed by atoms with E-state index in [0.29, 0.717) is 29.0 Å². The largest absolute Gasteiger partial charge is 0.399 e. The zero-order valence-corrected chi connectivity index (χ0v) is 12.3. The molecule has 2 heterocycles. The van der Waals surface area contributed by atoms with Crippen molar-refractivity contribution in [1.82, 2.24) is 9.55 Å². The Labute approximate surface area is 131 Å². The third-order valence-electron chi connectivity index (χ3n) is 4.08. The first-order valence-electron chi connectivity index (χ1n) is 7.38. The second-order valence-corrected chi connectivity index (χ2v) is 5.64. The highest BCUT2D eigenvalue weighted by Gasteiger charge is 2.20. The monoisotopic (exact) mass is 307 g/mol. The number of fused-ring (bicyclic) bond motifs is 2. The standard InChI is InChI=1S/C18H14FN3O/c19-13-3-1-11(2-4-13)9-12-7-8-22-17(12)21-16-10-14(20)5-6-15(16)18(22)23/h1-6,9-10H,7-8,20H2. The van der Waals surface area contributed by atoms with Crippen molar-refractivity contribution in [2.45, 2.75) is 13.0 Å². The van der Waals surface area contributed by atoms with Crippen LogP contribution in [0.15, 0.2) is 47.3 Å². The average Bonchev–Trinajstić information content (AvgIpc) is 2.93. The van der Waals surface area contributed by atoms with E-state index in [1.54, 1.807) is 34.9 Å². The zero-order valence-electron chi connectivity index (χ0n) is 12.3. The van der Waals surface area contributed by atoms with Crippen molar-refractivity contribution in [1.29, 1.82) is 0 Å². The summed E-state index contributed by atoms with van der Waals surface area (Å²) in [7, 11) is 0. The van der Waals surface area contributed by atoms with Crippen molar-refractivity contribution >= 4 is 28.2 Å². The molecule has 0 atom stereocenters. The van der Waals surface area contributed by atoms with E-state index in [0.717, 1.165) is 17.6 Å². The van der Waals surface area contributed by atoms with Crippen LogP contribution in [-0.2, 0) is 6.54 Å². The first-order chi connectivity index (χ1) is 11.1. The van der Waals surface area contributed by atoms with Gasteiger partial charge in [-0.2, -0.15) is 0 Å². The van der Waals surface area contributed by atoms with E-state index in [1.807, 2.05) is 6.08 Å². The molecule has 114 valence electrons. The Kier molecular flexibility index (Phi) is 3.01. The van der Waals surface area contributed by atoms with E-state index in [1.165, 1.54) is 12.1 Å². The molecule has 0 amide bonds. The number of rotatable bonds is 1. The van der Waals surface area contributed by atoms with Crippen molar-refractivity contribution in [3.05, 3.63) is 70.0 Å². The number of nitrogens with two attached hydrogens (primary N) is 1. The number of halogens is 1. The van der Waals surface area contributed by atoms with Crippen molar-refractivity contribution < 1.29 is 4.39 Å². The van der Waals surface area contributed by atoms with Gasteiger partial charge in [-0.1, -0.05) is 12.1 Å². The van der Waals surface area contributed by atoms with Gasteiger partial charge in [0.2, 0.25) is 0 Å². The smallest absolute Gasteiger partial charge is 0.261 e. The predicted octanol–water partition coefficient (Wildman–Crippen LogP) is 3.06. The molecule has 0 spiro atoms. The van der Waals surface area contributed by atoms with Crippen LogP contribution in [0.3, 0.4) is 0 Å². The molecule has 0 saturated heterocycles. The minimum atomic E-state index is -0.269. The van der Waals surface area contributed by atoms with Gasteiger partial charge in [0.25, 0.3) is 5.56 Å². The molecule has 2 aromatic carbocycles. The maximum atomic E-state index is 13.0. The fourth-order valence-corrected chi connectivity index (χ4v) is 2.93. The lowest BCUT2D eigenvalue weighted by molar-refractivity contribution is 0.628. The first kappa shape index (κ1) is 13.7. The Morgan fingerprint density at radius 3 is 2.74 bits per heavy atom. The lowest BCUT2D eigenvalue weighted by atomic mass is 10.1. The van der Waals surface area contributed by atoms with Crippen LogP contribution in [0.5, 0.6) is 0 Å². The molecular weight excluding hydrogens is 293 g/mol. The van der Waals surface area contributed by atoms with Crippen molar-refractivity contribution in [3.8, 4) is 0 Å². The van der Waals surface area contributed by atoms with Crippen LogP contribution in [0.25, 0.3) is 22.6 Å². The van der Waals surface area contributed by atoms with Gasteiger partial charge in [0.1, 0.15) is 11.6 Å². The number of nitrogens with zero attached hydrogens (tertiary/aromatic N) is 2. The van der Waals surface area contributed by atoms with Gasteiger partial charge < -0.3 is 5.73 Å². The van der Waals surface area contributed by atoms with Crippen molar-refractivity contribution in [2.24, 2.45) is 0 Å². The van der Waals surface area contributed by atoms with E-state index >= 15 is 0 Å². The van der Waals surface area contributed by atoms with E-state index in [9.17, 15) is 9.18 Å². The molecule has 3 aromatic rings. The summed E-state index contributed by atoms with van der Waals surface area (Å²) in [5.74, 6) is 0.396. The molecule has 4 rings (SSSR count). The third kappa shape index (κ3) is 2.30. The lowest BCUT2D eigenvalue weighted by Gasteiger charge is -2.06. The molecular formula is C18H14FN3O. The van der Waals surface area contributed by atoms with E-state index in [2.05, 4.69) is 4.98 Å². The lowest BCUT2D eigenvalue weighted by Crippen LogP contribution is -2.20. The van der Waals surface area contributed by atoms with Gasteiger partial charge in [0.15, 0.2) is 0 Å². The summed E-state index contributed by atoms with van der Waals surface area (Å²) < 4.78 is 14.7. The molecule has 0 saturated carbocycles. The molecule has 4 nitrogen and oxygen atoms in total. The first-order valence-corrected chi connectivity index (χ1v) is 7.38. The minimum absolute atomic E-state index is 0.0486. The van der Waals surface area contributed by atoms with Gasteiger partial charge >= 0.3 is 0 Å². The highest BCUT2D eigenvalue weighted by Crippen LogP contribution is 2.27. The molecule has 1 aliphatic heterocycles. The van der Waals surface area contributed by atoms with E-state index < -0.39 is 0 Å². The van der Waals surface area contributed by atoms with E-state index in [4.69, 9.17) is 5.73 Å². The van der Waals surface area contributed by atoms with Crippen LogP contribution in [0.2, 0.25) is 0 Å². The number of allylic oxidation sites excluding steroid dienone is 1. The molecule has 1 aliphatic rings. The normalized spacial score (nSPS) is 15.3. The maximum absolute atomic E-state index is 13.0.